The number of allylic oxidation sites excluding steroid dienone is 1. The fraction of sp³-hybridized carbons (Fsp3) is 0.385. The van der Waals surface area contributed by atoms with Crippen LogP contribution in [0.2, 0.25) is 0 Å². The van der Waals surface area contributed by atoms with Gasteiger partial charge in [-0.15, -0.1) is 11.8 Å². The summed E-state index contributed by atoms with van der Waals surface area (Å²) in [6.45, 7) is 2.07. The summed E-state index contributed by atoms with van der Waals surface area (Å²) in [5.74, 6) is 0. The number of hydrogen-bond acceptors (Lipinski definition) is 2. The van der Waals surface area contributed by atoms with Crippen molar-refractivity contribution in [3.63, 3.8) is 0 Å². The Labute approximate surface area is 95.8 Å². The van der Waals surface area contributed by atoms with Crippen molar-refractivity contribution in [3.05, 3.63) is 35.9 Å². The molecule has 80 valence electrons. The Morgan fingerprint density at radius 2 is 2.27 bits per heavy atom. The Bertz CT molecular complexity index is 371. The topological polar surface area (TPSA) is 26.0 Å². The lowest BCUT2D eigenvalue weighted by molar-refractivity contribution is 0.741. The molecule has 1 aromatic rings. The van der Waals surface area contributed by atoms with Crippen molar-refractivity contribution in [2.24, 2.45) is 0 Å². The molecule has 2 heteroatoms. The number of rotatable bonds is 2. The molecule has 0 aliphatic heterocycles. The predicted molar refractivity (Wildman–Crippen MR) is 68.2 cm³/mol. The third kappa shape index (κ3) is 2.78. The van der Waals surface area contributed by atoms with E-state index in [1.807, 2.05) is 17.8 Å². The summed E-state index contributed by atoms with van der Waals surface area (Å²) < 4.78 is 0. The fourth-order valence-electron chi connectivity index (χ4n) is 1.78. The maximum Gasteiger partial charge on any atom is 0.0344 e. The maximum absolute atomic E-state index is 5.80. The van der Waals surface area contributed by atoms with E-state index >= 15 is 0 Å². The van der Waals surface area contributed by atoms with Crippen molar-refractivity contribution in [1.29, 1.82) is 0 Å². The number of aryl methyl sites for hydroxylation is 1. The van der Waals surface area contributed by atoms with Gasteiger partial charge in [0, 0.05) is 15.8 Å². The normalized spacial score (nSPS) is 20.5. The highest BCUT2D eigenvalue weighted by molar-refractivity contribution is 8.00. The van der Waals surface area contributed by atoms with E-state index in [2.05, 4.69) is 31.2 Å². The maximum atomic E-state index is 5.80. The Morgan fingerprint density at radius 3 is 2.93 bits per heavy atom. The molecule has 0 amide bonds. The van der Waals surface area contributed by atoms with E-state index in [0.717, 1.165) is 5.69 Å². The first kappa shape index (κ1) is 10.6. The first-order chi connectivity index (χ1) is 7.25. The molecule has 1 unspecified atom stereocenters. The Hall–Kier alpha value is -0.890. The Kier molecular flexibility index (Phi) is 3.37. The molecule has 0 saturated heterocycles. The summed E-state index contributed by atoms with van der Waals surface area (Å²) in [5, 5.41) is 0.654. The fourth-order valence-corrected chi connectivity index (χ4v) is 2.99. The minimum absolute atomic E-state index is 0.654. The molecular weight excluding hydrogens is 202 g/mol. The van der Waals surface area contributed by atoms with Crippen LogP contribution in [0, 0.1) is 6.92 Å². The molecule has 0 bridgehead atoms. The second-order valence-corrected chi connectivity index (χ2v) is 5.35. The van der Waals surface area contributed by atoms with Crippen LogP contribution in [0.15, 0.2) is 35.2 Å². The lowest BCUT2D eigenvalue weighted by Gasteiger charge is -2.16. The zero-order chi connectivity index (χ0) is 10.7. The van der Waals surface area contributed by atoms with E-state index in [-0.39, 0.29) is 0 Å². The first-order valence-electron chi connectivity index (χ1n) is 5.45. The molecule has 1 aliphatic rings. The van der Waals surface area contributed by atoms with Crippen molar-refractivity contribution >= 4 is 17.4 Å². The second kappa shape index (κ2) is 4.75. The number of thioether (sulfide) groups is 1. The number of nitrogen functional groups attached to an aromatic ring is 1. The Morgan fingerprint density at radius 1 is 1.40 bits per heavy atom. The first-order valence-corrected chi connectivity index (χ1v) is 6.33. The molecule has 2 N–H and O–H groups in total. The van der Waals surface area contributed by atoms with E-state index in [1.165, 1.54) is 29.7 Å². The quantitative estimate of drug-likeness (QED) is 0.605. The van der Waals surface area contributed by atoms with E-state index in [1.54, 1.807) is 0 Å². The molecule has 0 fully saturated rings. The molecule has 0 saturated carbocycles. The van der Waals surface area contributed by atoms with E-state index in [4.69, 9.17) is 5.73 Å². The molecule has 1 aromatic carbocycles. The van der Waals surface area contributed by atoms with Crippen molar-refractivity contribution in [2.45, 2.75) is 36.3 Å². The molecule has 0 aromatic heterocycles. The van der Waals surface area contributed by atoms with Gasteiger partial charge in [0.1, 0.15) is 0 Å². The minimum atomic E-state index is 0.654. The minimum Gasteiger partial charge on any atom is -0.399 e. The van der Waals surface area contributed by atoms with E-state index in [9.17, 15) is 0 Å². The summed E-state index contributed by atoms with van der Waals surface area (Å²) in [5.41, 5.74) is 7.87. The van der Waals surface area contributed by atoms with Crippen molar-refractivity contribution in [2.75, 3.05) is 5.73 Å². The second-order valence-electron chi connectivity index (χ2n) is 4.03. The van der Waals surface area contributed by atoms with Crippen LogP contribution in [-0.2, 0) is 0 Å². The van der Waals surface area contributed by atoms with Gasteiger partial charge in [-0.25, -0.2) is 0 Å². The molecule has 1 atom stereocenters. The van der Waals surface area contributed by atoms with Gasteiger partial charge in [-0.3, -0.25) is 0 Å². The average Bonchev–Trinajstić information content (AvgIpc) is 2.25. The average molecular weight is 219 g/mol. The van der Waals surface area contributed by atoms with Gasteiger partial charge in [-0.1, -0.05) is 12.2 Å². The van der Waals surface area contributed by atoms with Gasteiger partial charge in [0.25, 0.3) is 0 Å². The SMILES string of the molecule is Cc1cc(SC2C=CCCC2)ccc1N. The highest BCUT2D eigenvalue weighted by Crippen LogP contribution is 2.31. The zero-order valence-electron chi connectivity index (χ0n) is 9.07. The molecule has 1 nitrogen and oxygen atoms in total. The summed E-state index contributed by atoms with van der Waals surface area (Å²) >= 11 is 1.95. The number of hydrogen-bond donors (Lipinski definition) is 1. The highest BCUT2D eigenvalue weighted by atomic mass is 32.2. The smallest absolute Gasteiger partial charge is 0.0344 e. The Balaban J connectivity index is 2.07. The van der Waals surface area contributed by atoms with Gasteiger partial charge in [0.15, 0.2) is 0 Å². The number of benzene rings is 1. The standard InChI is InChI=1S/C13H17NS/c1-10-9-12(7-8-13(10)14)15-11-5-3-2-4-6-11/h3,5,7-9,11H,2,4,6,14H2,1H3. The third-order valence-electron chi connectivity index (χ3n) is 2.74. The van der Waals surface area contributed by atoms with Gasteiger partial charge in [-0.05, 0) is 49.9 Å². The van der Waals surface area contributed by atoms with Crippen LogP contribution in [-0.4, -0.2) is 5.25 Å². The van der Waals surface area contributed by atoms with Gasteiger partial charge < -0.3 is 5.73 Å². The monoisotopic (exact) mass is 219 g/mol. The van der Waals surface area contributed by atoms with Gasteiger partial charge in [0.2, 0.25) is 0 Å². The molecule has 2 rings (SSSR count). The molecular formula is C13H17NS. The predicted octanol–water partition coefficient (Wildman–Crippen LogP) is 3.78. The van der Waals surface area contributed by atoms with Crippen LogP contribution < -0.4 is 5.73 Å². The summed E-state index contributed by atoms with van der Waals surface area (Å²) in [4.78, 5) is 1.33. The summed E-state index contributed by atoms with van der Waals surface area (Å²) in [7, 11) is 0. The molecule has 15 heavy (non-hydrogen) atoms. The number of nitrogens with two attached hydrogens (primary N) is 1. The van der Waals surface area contributed by atoms with Crippen LogP contribution >= 0.6 is 11.8 Å². The lowest BCUT2D eigenvalue weighted by Crippen LogP contribution is -2.02. The van der Waals surface area contributed by atoms with Crippen molar-refractivity contribution < 1.29 is 0 Å². The molecule has 0 heterocycles. The molecule has 1 aliphatic carbocycles. The van der Waals surface area contributed by atoms with Gasteiger partial charge >= 0.3 is 0 Å². The van der Waals surface area contributed by atoms with Crippen LogP contribution in [0.3, 0.4) is 0 Å². The summed E-state index contributed by atoms with van der Waals surface area (Å²) in [6.07, 6.45) is 8.50. The van der Waals surface area contributed by atoms with Crippen LogP contribution in [0.25, 0.3) is 0 Å². The van der Waals surface area contributed by atoms with Crippen LogP contribution in [0.4, 0.5) is 5.69 Å². The highest BCUT2D eigenvalue weighted by Gasteiger charge is 2.10. The van der Waals surface area contributed by atoms with E-state index < -0.39 is 0 Å². The van der Waals surface area contributed by atoms with Crippen molar-refractivity contribution in [3.8, 4) is 0 Å². The van der Waals surface area contributed by atoms with Crippen LogP contribution in [0.5, 0.6) is 0 Å². The van der Waals surface area contributed by atoms with Gasteiger partial charge in [-0.2, -0.15) is 0 Å². The van der Waals surface area contributed by atoms with E-state index in [0.29, 0.717) is 5.25 Å². The van der Waals surface area contributed by atoms with Gasteiger partial charge in [0.05, 0.1) is 0 Å². The number of anilines is 1. The zero-order valence-corrected chi connectivity index (χ0v) is 9.89. The third-order valence-corrected chi connectivity index (χ3v) is 3.96. The lowest BCUT2D eigenvalue weighted by atomic mass is 10.1. The summed E-state index contributed by atoms with van der Waals surface area (Å²) in [6, 6.07) is 6.31. The molecule has 0 radical (unpaired) electrons. The molecule has 0 spiro atoms. The van der Waals surface area contributed by atoms with Crippen molar-refractivity contribution in [1.82, 2.24) is 0 Å². The van der Waals surface area contributed by atoms with Crippen LogP contribution in [0.1, 0.15) is 24.8 Å². The largest absolute Gasteiger partial charge is 0.399 e.